The van der Waals surface area contributed by atoms with Crippen molar-refractivity contribution in [2.24, 2.45) is 7.05 Å². The summed E-state index contributed by atoms with van der Waals surface area (Å²) in [6.45, 7) is 0. The van der Waals surface area contributed by atoms with Crippen LogP contribution in [0.4, 0.5) is 10.1 Å². The Bertz CT molecular complexity index is 931. The summed E-state index contributed by atoms with van der Waals surface area (Å²) in [5, 5.41) is 3.33. The molecule has 0 radical (unpaired) electrons. The number of anilines is 1. The Balaban J connectivity index is 2.04. The van der Waals surface area contributed by atoms with Gasteiger partial charge in [-0.2, -0.15) is 0 Å². The Morgan fingerprint density at radius 1 is 1.09 bits per heavy atom. The smallest absolute Gasteiger partial charge is 0.263 e. The molecular formula is C17H13FN2O2. The Kier molecular flexibility index (Phi) is 3.47. The van der Waals surface area contributed by atoms with Gasteiger partial charge in [0.2, 0.25) is 0 Å². The van der Waals surface area contributed by atoms with Gasteiger partial charge in [-0.3, -0.25) is 9.59 Å². The third kappa shape index (κ3) is 2.48. The maximum atomic E-state index is 13.2. The minimum atomic E-state index is -0.558. The van der Waals surface area contributed by atoms with Crippen molar-refractivity contribution in [1.82, 2.24) is 4.57 Å². The summed E-state index contributed by atoms with van der Waals surface area (Å²) in [7, 11) is 1.61. The summed E-state index contributed by atoms with van der Waals surface area (Å²) in [6.07, 6.45) is 0. The molecule has 0 saturated heterocycles. The van der Waals surface area contributed by atoms with E-state index in [1.54, 1.807) is 19.2 Å². The van der Waals surface area contributed by atoms with Crippen LogP contribution in [-0.4, -0.2) is 10.5 Å². The van der Waals surface area contributed by atoms with E-state index >= 15 is 0 Å². The SMILES string of the molecule is Cn1c(=O)c(C(=O)Nc2cccc(F)c2)cc2ccccc21. The molecule has 1 N–H and O–H groups in total. The van der Waals surface area contributed by atoms with Crippen LogP contribution >= 0.6 is 0 Å². The summed E-state index contributed by atoms with van der Waals surface area (Å²) in [4.78, 5) is 24.6. The number of hydrogen-bond donors (Lipinski definition) is 1. The molecule has 0 saturated carbocycles. The maximum absolute atomic E-state index is 13.2. The molecular weight excluding hydrogens is 283 g/mol. The minimum absolute atomic E-state index is 0.0189. The van der Waals surface area contributed by atoms with Gasteiger partial charge in [0.05, 0.1) is 5.52 Å². The minimum Gasteiger partial charge on any atom is -0.322 e. The maximum Gasteiger partial charge on any atom is 0.263 e. The van der Waals surface area contributed by atoms with Gasteiger partial charge in [-0.25, -0.2) is 4.39 Å². The van der Waals surface area contributed by atoms with Gasteiger partial charge in [0, 0.05) is 12.7 Å². The topological polar surface area (TPSA) is 51.1 Å². The first kappa shape index (κ1) is 14.0. The molecule has 1 heterocycles. The average molecular weight is 296 g/mol. The molecule has 0 atom stereocenters. The van der Waals surface area contributed by atoms with Gasteiger partial charge in [0.25, 0.3) is 11.5 Å². The number of amides is 1. The van der Waals surface area contributed by atoms with Crippen LogP contribution in [-0.2, 0) is 7.05 Å². The number of aromatic nitrogens is 1. The fourth-order valence-electron chi connectivity index (χ4n) is 2.35. The second-order valence-corrected chi connectivity index (χ2v) is 4.95. The second-order valence-electron chi connectivity index (χ2n) is 4.95. The number of nitrogens with one attached hydrogen (secondary N) is 1. The molecule has 0 unspecified atom stereocenters. The molecule has 0 aliphatic rings. The van der Waals surface area contributed by atoms with Crippen molar-refractivity contribution in [2.45, 2.75) is 0 Å². The Labute approximate surface area is 125 Å². The largest absolute Gasteiger partial charge is 0.322 e. The molecule has 22 heavy (non-hydrogen) atoms. The summed E-state index contributed by atoms with van der Waals surface area (Å²) < 4.78 is 14.6. The highest BCUT2D eigenvalue weighted by Gasteiger charge is 2.14. The van der Waals surface area contributed by atoms with Crippen LogP contribution < -0.4 is 10.9 Å². The molecule has 4 nitrogen and oxygen atoms in total. The zero-order valence-electron chi connectivity index (χ0n) is 11.8. The Morgan fingerprint density at radius 3 is 2.64 bits per heavy atom. The lowest BCUT2D eigenvalue weighted by Crippen LogP contribution is -2.27. The second kappa shape index (κ2) is 5.44. The molecule has 1 aromatic heterocycles. The van der Waals surface area contributed by atoms with Crippen LogP contribution in [0.5, 0.6) is 0 Å². The zero-order chi connectivity index (χ0) is 15.7. The van der Waals surface area contributed by atoms with E-state index < -0.39 is 17.3 Å². The van der Waals surface area contributed by atoms with Crippen LogP contribution in [0, 0.1) is 5.82 Å². The van der Waals surface area contributed by atoms with E-state index in [1.165, 1.54) is 22.8 Å². The van der Waals surface area contributed by atoms with Crippen molar-refractivity contribution in [2.75, 3.05) is 5.32 Å². The number of carbonyl (C=O) groups is 1. The molecule has 3 aromatic rings. The lowest BCUT2D eigenvalue weighted by molar-refractivity contribution is 0.102. The first-order valence-electron chi connectivity index (χ1n) is 6.72. The van der Waals surface area contributed by atoms with Crippen LogP contribution in [0.25, 0.3) is 10.9 Å². The highest BCUT2D eigenvalue weighted by atomic mass is 19.1. The molecule has 0 fully saturated rings. The number of hydrogen-bond acceptors (Lipinski definition) is 2. The van der Waals surface area contributed by atoms with E-state index in [4.69, 9.17) is 0 Å². The third-order valence-electron chi connectivity index (χ3n) is 3.46. The summed E-state index contributed by atoms with van der Waals surface area (Å²) in [5.41, 5.74) is 0.674. The predicted molar refractivity (Wildman–Crippen MR) is 83.5 cm³/mol. The van der Waals surface area contributed by atoms with Gasteiger partial charge in [0.1, 0.15) is 11.4 Å². The van der Waals surface area contributed by atoms with E-state index in [-0.39, 0.29) is 5.56 Å². The molecule has 2 aromatic carbocycles. The number of benzene rings is 2. The van der Waals surface area contributed by atoms with E-state index in [1.807, 2.05) is 24.3 Å². The molecule has 0 bridgehead atoms. The number of carbonyl (C=O) groups excluding carboxylic acids is 1. The molecule has 3 rings (SSSR count). The van der Waals surface area contributed by atoms with E-state index in [0.29, 0.717) is 5.69 Å². The predicted octanol–water partition coefficient (Wildman–Crippen LogP) is 2.93. The lowest BCUT2D eigenvalue weighted by Gasteiger charge is -2.09. The first-order chi connectivity index (χ1) is 10.6. The number of nitrogens with zero attached hydrogens (tertiary/aromatic N) is 1. The third-order valence-corrected chi connectivity index (χ3v) is 3.46. The Hall–Kier alpha value is -2.95. The fourth-order valence-corrected chi connectivity index (χ4v) is 2.35. The van der Waals surface area contributed by atoms with Crippen LogP contribution in [0.1, 0.15) is 10.4 Å². The number of para-hydroxylation sites is 1. The van der Waals surface area contributed by atoms with Gasteiger partial charge >= 0.3 is 0 Å². The van der Waals surface area contributed by atoms with Crippen LogP contribution in [0.3, 0.4) is 0 Å². The van der Waals surface area contributed by atoms with Crippen molar-refractivity contribution in [3.05, 3.63) is 76.3 Å². The number of aryl methyl sites for hydroxylation is 1. The normalized spacial score (nSPS) is 10.6. The number of rotatable bonds is 2. The monoisotopic (exact) mass is 296 g/mol. The number of halogens is 1. The van der Waals surface area contributed by atoms with Crippen LogP contribution in [0.15, 0.2) is 59.4 Å². The van der Waals surface area contributed by atoms with Crippen molar-refractivity contribution in [1.29, 1.82) is 0 Å². The number of fused-ring (bicyclic) bond motifs is 1. The van der Waals surface area contributed by atoms with Crippen molar-refractivity contribution < 1.29 is 9.18 Å². The Morgan fingerprint density at radius 2 is 1.86 bits per heavy atom. The molecule has 0 spiro atoms. The van der Waals surface area contributed by atoms with Gasteiger partial charge in [0.15, 0.2) is 0 Å². The van der Waals surface area contributed by atoms with Crippen molar-refractivity contribution >= 4 is 22.5 Å². The van der Waals surface area contributed by atoms with Gasteiger partial charge in [-0.05, 0) is 35.7 Å². The van der Waals surface area contributed by atoms with Crippen molar-refractivity contribution in [3.63, 3.8) is 0 Å². The molecule has 5 heteroatoms. The quantitative estimate of drug-likeness (QED) is 0.790. The standard InChI is InChI=1S/C17H13FN2O2/c1-20-15-8-3-2-5-11(15)9-14(17(20)22)16(21)19-13-7-4-6-12(18)10-13/h2-10H,1H3,(H,19,21). The van der Waals surface area contributed by atoms with Gasteiger partial charge < -0.3 is 9.88 Å². The summed E-state index contributed by atoms with van der Waals surface area (Å²) in [6, 6.07) is 14.4. The summed E-state index contributed by atoms with van der Waals surface area (Å²) >= 11 is 0. The van der Waals surface area contributed by atoms with Gasteiger partial charge in [-0.15, -0.1) is 0 Å². The molecule has 0 aliphatic carbocycles. The fraction of sp³-hybridized carbons (Fsp3) is 0.0588. The molecule has 110 valence electrons. The zero-order valence-corrected chi connectivity index (χ0v) is 11.8. The number of pyridine rings is 1. The molecule has 1 amide bonds. The highest BCUT2D eigenvalue weighted by Crippen LogP contribution is 2.14. The van der Waals surface area contributed by atoms with E-state index in [9.17, 15) is 14.0 Å². The highest BCUT2D eigenvalue weighted by molar-refractivity contribution is 6.05. The average Bonchev–Trinajstić information content (AvgIpc) is 2.51. The van der Waals surface area contributed by atoms with Crippen molar-refractivity contribution in [3.8, 4) is 0 Å². The lowest BCUT2D eigenvalue weighted by atomic mass is 10.1. The van der Waals surface area contributed by atoms with Gasteiger partial charge in [-0.1, -0.05) is 24.3 Å². The first-order valence-corrected chi connectivity index (χ1v) is 6.72. The van der Waals surface area contributed by atoms with Crippen LogP contribution in [0.2, 0.25) is 0 Å². The molecule has 0 aliphatic heterocycles. The summed E-state index contributed by atoms with van der Waals surface area (Å²) in [5.74, 6) is -1.01. The van der Waals surface area contributed by atoms with E-state index in [0.717, 1.165) is 10.9 Å². The van der Waals surface area contributed by atoms with E-state index in [2.05, 4.69) is 5.32 Å².